The molecule has 1 aliphatic rings. The fourth-order valence-corrected chi connectivity index (χ4v) is 2.92. The van der Waals surface area contributed by atoms with E-state index in [1.807, 2.05) is 0 Å². The van der Waals surface area contributed by atoms with E-state index in [2.05, 4.69) is 0 Å². The van der Waals surface area contributed by atoms with Crippen LogP contribution in [-0.4, -0.2) is 68.8 Å². The van der Waals surface area contributed by atoms with Crippen LogP contribution in [-0.2, 0) is 4.74 Å². The van der Waals surface area contributed by atoms with Crippen molar-refractivity contribution in [1.29, 1.82) is 0 Å². The molecule has 2 aromatic rings. The molecule has 144 valence electrons. The summed E-state index contributed by atoms with van der Waals surface area (Å²) in [5, 5.41) is 48.3. The monoisotopic (exact) mass is 376 g/mol. The number of carbonyl (C=O) groups is 1. The number of aliphatic hydroxyl groups excluding tert-OH is 4. The number of hydrogen-bond acceptors (Lipinski definition) is 7. The standard InChI is InChI=1S/C19H20O8/c20-9-14-15(21)16(22)17(23)19(27-14)26-13-7-2-1-6-12(13)10-4-3-5-11(8-10)18(24)25/h1-8,14-17,19-23H,9H2,(H,24,25)/t14-,15-,16+,17+,19-/m1/s1. The SMILES string of the molecule is O=C(O)c1cccc(-c2ccccc2O[C@@H]2O[C@H](CO)[C@@H](O)[C@H](O)[C@@H]2O)c1. The Kier molecular flexibility index (Phi) is 5.73. The van der Waals surface area contributed by atoms with Crippen molar-refractivity contribution >= 4 is 5.97 Å². The lowest BCUT2D eigenvalue weighted by atomic mass is 9.99. The summed E-state index contributed by atoms with van der Waals surface area (Å²) in [5.74, 6) is -0.784. The van der Waals surface area contributed by atoms with E-state index in [4.69, 9.17) is 9.47 Å². The van der Waals surface area contributed by atoms with Crippen LogP contribution >= 0.6 is 0 Å². The highest BCUT2D eigenvalue weighted by molar-refractivity contribution is 5.89. The summed E-state index contributed by atoms with van der Waals surface area (Å²) in [6.45, 7) is -0.562. The first-order valence-corrected chi connectivity index (χ1v) is 8.32. The molecule has 0 amide bonds. The zero-order valence-electron chi connectivity index (χ0n) is 14.2. The van der Waals surface area contributed by atoms with Gasteiger partial charge in [0, 0.05) is 5.56 Å². The van der Waals surface area contributed by atoms with Gasteiger partial charge in [0.15, 0.2) is 0 Å². The highest BCUT2D eigenvalue weighted by atomic mass is 16.7. The molecule has 0 aromatic heterocycles. The average Bonchev–Trinajstić information content (AvgIpc) is 2.69. The molecule has 1 fully saturated rings. The Morgan fingerprint density at radius 3 is 2.44 bits per heavy atom. The molecule has 0 spiro atoms. The Morgan fingerprint density at radius 1 is 1.00 bits per heavy atom. The molecule has 8 nitrogen and oxygen atoms in total. The Hall–Kier alpha value is -2.49. The molecule has 2 aromatic carbocycles. The number of rotatable bonds is 5. The summed E-state index contributed by atoms with van der Waals surface area (Å²) in [6, 6.07) is 13.0. The number of ether oxygens (including phenoxy) is 2. The van der Waals surface area contributed by atoms with Gasteiger partial charge in [-0.25, -0.2) is 4.79 Å². The van der Waals surface area contributed by atoms with E-state index in [9.17, 15) is 30.3 Å². The summed E-state index contributed by atoms with van der Waals surface area (Å²) in [7, 11) is 0. The third-order valence-electron chi connectivity index (χ3n) is 4.40. The van der Waals surface area contributed by atoms with Crippen molar-refractivity contribution in [2.75, 3.05) is 6.61 Å². The largest absolute Gasteiger partial charge is 0.478 e. The van der Waals surface area contributed by atoms with E-state index in [0.29, 0.717) is 11.1 Å². The smallest absolute Gasteiger partial charge is 0.335 e. The highest BCUT2D eigenvalue weighted by Gasteiger charge is 2.44. The second kappa shape index (κ2) is 8.03. The van der Waals surface area contributed by atoms with E-state index in [0.717, 1.165) is 0 Å². The fourth-order valence-electron chi connectivity index (χ4n) is 2.92. The Bertz CT molecular complexity index is 806. The van der Waals surface area contributed by atoms with Crippen LogP contribution in [0.4, 0.5) is 0 Å². The average molecular weight is 376 g/mol. The Balaban J connectivity index is 1.90. The molecule has 1 saturated heterocycles. The van der Waals surface area contributed by atoms with Crippen LogP contribution in [0, 0.1) is 0 Å². The summed E-state index contributed by atoms with van der Waals surface area (Å²) < 4.78 is 11.1. The van der Waals surface area contributed by atoms with E-state index in [-0.39, 0.29) is 11.3 Å². The lowest BCUT2D eigenvalue weighted by Gasteiger charge is -2.39. The lowest BCUT2D eigenvalue weighted by molar-refractivity contribution is -0.277. The quantitative estimate of drug-likeness (QED) is 0.500. The maximum atomic E-state index is 11.2. The summed E-state index contributed by atoms with van der Waals surface area (Å²) >= 11 is 0. The fraction of sp³-hybridized carbons (Fsp3) is 0.316. The van der Waals surface area contributed by atoms with Gasteiger partial charge in [-0.15, -0.1) is 0 Å². The molecule has 0 unspecified atom stereocenters. The van der Waals surface area contributed by atoms with Gasteiger partial charge < -0.3 is 35.0 Å². The van der Waals surface area contributed by atoms with Crippen LogP contribution in [0.3, 0.4) is 0 Å². The van der Waals surface area contributed by atoms with Crippen molar-refractivity contribution < 1.29 is 39.8 Å². The van der Waals surface area contributed by atoms with Crippen molar-refractivity contribution in [3.63, 3.8) is 0 Å². The summed E-state index contributed by atoms with van der Waals surface area (Å²) in [4.78, 5) is 11.2. The van der Waals surface area contributed by atoms with Gasteiger partial charge in [-0.3, -0.25) is 0 Å². The van der Waals surface area contributed by atoms with Crippen LogP contribution in [0.25, 0.3) is 11.1 Å². The predicted octanol–water partition coefficient (Wildman–Crippen LogP) is 0.230. The highest BCUT2D eigenvalue weighted by Crippen LogP contribution is 2.33. The van der Waals surface area contributed by atoms with Gasteiger partial charge in [-0.05, 0) is 23.8 Å². The van der Waals surface area contributed by atoms with Gasteiger partial charge in [0.2, 0.25) is 6.29 Å². The van der Waals surface area contributed by atoms with Crippen LogP contribution in [0.5, 0.6) is 5.75 Å². The van der Waals surface area contributed by atoms with Crippen molar-refractivity contribution in [1.82, 2.24) is 0 Å². The minimum Gasteiger partial charge on any atom is -0.478 e. The van der Waals surface area contributed by atoms with Crippen molar-refractivity contribution in [2.24, 2.45) is 0 Å². The third-order valence-corrected chi connectivity index (χ3v) is 4.40. The van der Waals surface area contributed by atoms with E-state index >= 15 is 0 Å². The molecule has 0 radical (unpaired) electrons. The van der Waals surface area contributed by atoms with Crippen molar-refractivity contribution in [2.45, 2.75) is 30.7 Å². The van der Waals surface area contributed by atoms with Crippen molar-refractivity contribution in [3.8, 4) is 16.9 Å². The van der Waals surface area contributed by atoms with E-state index < -0.39 is 43.3 Å². The minimum atomic E-state index is -1.55. The zero-order valence-corrected chi connectivity index (χ0v) is 14.2. The molecule has 0 aliphatic carbocycles. The number of carboxylic acid groups (broad SMARTS) is 1. The first-order chi connectivity index (χ1) is 12.9. The lowest BCUT2D eigenvalue weighted by Crippen LogP contribution is -2.60. The molecule has 1 heterocycles. The summed E-state index contributed by atoms with van der Waals surface area (Å²) in [5.41, 5.74) is 1.24. The maximum Gasteiger partial charge on any atom is 0.335 e. The number of aliphatic hydroxyl groups is 4. The molecule has 3 rings (SSSR count). The van der Waals surface area contributed by atoms with Gasteiger partial charge in [0.1, 0.15) is 30.2 Å². The number of aromatic carboxylic acids is 1. The topological polar surface area (TPSA) is 137 Å². The number of carboxylic acids is 1. The molecule has 1 aliphatic heterocycles. The predicted molar refractivity (Wildman–Crippen MR) is 93.2 cm³/mol. The van der Waals surface area contributed by atoms with Gasteiger partial charge in [-0.1, -0.05) is 30.3 Å². The first-order valence-electron chi connectivity index (χ1n) is 8.32. The molecule has 5 N–H and O–H groups in total. The molecular weight excluding hydrogens is 356 g/mol. The summed E-state index contributed by atoms with van der Waals surface area (Å²) in [6.07, 6.45) is -6.99. The molecule has 0 saturated carbocycles. The Labute approximate surface area is 154 Å². The van der Waals surface area contributed by atoms with Crippen LogP contribution in [0.1, 0.15) is 10.4 Å². The molecular formula is C19H20O8. The first kappa shape index (κ1) is 19.3. The zero-order chi connectivity index (χ0) is 19.6. The number of hydrogen-bond donors (Lipinski definition) is 5. The van der Waals surface area contributed by atoms with Crippen LogP contribution in [0.2, 0.25) is 0 Å². The molecule has 0 bridgehead atoms. The molecule has 5 atom stereocenters. The maximum absolute atomic E-state index is 11.2. The van der Waals surface area contributed by atoms with E-state index in [1.165, 1.54) is 12.1 Å². The van der Waals surface area contributed by atoms with Gasteiger partial charge >= 0.3 is 5.97 Å². The van der Waals surface area contributed by atoms with Gasteiger partial charge in [-0.2, -0.15) is 0 Å². The number of benzene rings is 2. The minimum absolute atomic E-state index is 0.107. The van der Waals surface area contributed by atoms with Gasteiger partial charge in [0.25, 0.3) is 0 Å². The molecule has 8 heteroatoms. The van der Waals surface area contributed by atoms with Crippen molar-refractivity contribution in [3.05, 3.63) is 54.1 Å². The van der Waals surface area contributed by atoms with E-state index in [1.54, 1.807) is 36.4 Å². The molecule has 27 heavy (non-hydrogen) atoms. The normalized spacial score (nSPS) is 27.9. The Morgan fingerprint density at radius 2 is 1.74 bits per heavy atom. The van der Waals surface area contributed by atoms with Gasteiger partial charge in [0.05, 0.1) is 12.2 Å². The van der Waals surface area contributed by atoms with Crippen LogP contribution < -0.4 is 4.74 Å². The van der Waals surface area contributed by atoms with Crippen LogP contribution in [0.15, 0.2) is 48.5 Å². The second-order valence-corrected chi connectivity index (χ2v) is 6.20. The number of para-hydroxylation sites is 1. The second-order valence-electron chi connectivity index (χ2n) is 6.20. The third kappa shape index (κ3) is 3.95.